The summed E-state index contributed by atoms with van der Waals surface area (Å²) in [6.45, 7) is 15.3. The first-order chi connectivity index (χ1) is 64.2. The van der Waals surface area contributed by atoms with Crippen LogP contribution in [0.15, 0.2) is 0 Å². The fourth-order valence-electron chi connectivity index (χ4n) is 15.0. The third-order valence-corrected chi connectivity index (χ3v) is 22.5. The van der Waals surface area contributed by atoms with Crippen LogP contribution in [0.5, 0.6) is 0 Å². The molecule has 5 aliphatic rings. The monoisotopic (exact) mass is 1950 g/mol. The number of fused-ring (bicyclic) bond motifs is 1. The average Bonchev–Trinajstić information content (AvgIpc) is 0.785. The van der Waals surface area contributed by atoms with Crippen LogP contribution in [0.1, 0.15) is 142 Å². The first kappa shape index (κ1) is 116. The zero-order chi connectivity index (χ0) is 99.8. The highest BCUT2D eigenvalue weighted by Crippen LogP contribution is 2.56. The number of hydrogen-bond acceptors (Lipinski definition) is 42. The van der Waals surface area contributed by atoms with Gasteiger partial charge in [-0.05, 0) is 46.5 Å². The molecular formula is C84H133N10O40P. The molecule has 0 bridgehead atoms. The highest BCUT2D eigenvalue weighted by Gasteiger charge is 2.56. The number of nitrogens with one attached hydrogen (secondary N) is 7. The summed E-state index contributed by atoms with van der Waals surface area (Å²) in [5.41, 5.74) is 0. The minimum atomic E-state index is -1.57. The van der Waals surface area contributed by atoms with Crippen molar-refractivity contribution in [2.75, 3.05) is 158 Å². The molecule has 4 heterocycles. The van der Waals surface area contributed by atoms with E-state index in [2.05, 4.69) is 48.0 Å². The van der Waals surface area contributed by atoms with Gasteiger partial charge >= 0.3 is 53.7 Å². The smallest absolute Gasteiger partial charge is 0.303 e. The number of amides is 8. The molecule has 4 aliphatic heterocycles. The lowest BCUT2D eigenvalue weighted by atomic mass is 9.75. The number of nitriles is 1. The largest absolute Gasteiger partial charge is 0.463 e. The maximum absolute atomic E-state index is 15.3. The van der Waals surface area contributed by atoms with E-state index in [0.29, 0.717) is 19.3 Å². The van der Waals surface area contributed by atoms with Crippen molar-refractivity contribution in [3.63, 3.8) is 0 Å². The Labute approximate surface area is 783 Å². The van der Waals surface area contributed by atoms with Gasteiger partial charge in [0.05, 0.1) is 124 Å². The van der Waals surface area contributed by atoms with Gasteiger partial charge in [0.25, 0.3) is 8.53 Å². The zero-order valence-corrected chi connectivity index (χ0v) is 79.9. The molecule has 0 aromatic rings. The summed E-state index contributed by atoms with van der Waals surface area (Å²) in [6.07, 6.45) is -15.7. The van der Waals surface area contributed by atoms with Crippen molar-refractivity contribution >= 4 is 110 Å². The second-order valence-electron chi connectivity index (χ2n) is 31.8. The Morgan fingerprint density at radius 2 is 0.763 bits per heavy atom. The fourth-order valence-corrected chi connectivity index (χ4v) is 16.9. The van der Waals surface area contributed by atoms with Crippen LogP contribution >= 0.6 is 8.53 Å². The summed E-state index contributed by atoms with van der Waals surface area (Å²) in [6, 6.07) is -3.35. The maximum atomic E-state index is 15.3. The van der Waals surface area contributed by atoms with Crippen molar-refractivity contribution in [1.82, 2.24) is 46.8 Å². The summed E-state index contributed by atoms with van der Waals surface area (Å²) in [7, 11) is -1.57. The second kappa shape index (κ2) is 62.2. The molecule has 50 nitrogen and oxygen atoms in total. The van der Waals surface area contributed by atoms with E-state index >= 15 is 4.79 Å². The zero-order valence-electron chi connectivity index (χ0n) is 79.0. The number of carbonyl (C=O) groups excluding carboxylic acids is 17. The molecule has 0 aromatic carbocycles. The number of esters is 9. The minimum Gasteiger partial charge on any atom is -0.463 e. The van der Waals surface area contributed by atoms with Gasteiger partial charge in [-0.25, -0.2) is 4.67 Å². The lowest BCUT2D eigenvalue weighted by Gasteiger charge is -2.51. The first-order valence-corrected chi connectivity index (χ1v) is 45.5. The highest BCUT2D eigenvalue weighted by atomic mass is 31.2. The predicted molar refractivity (Wildman–Crippen MR) is 457 cm³/mol. The van der Waals surface area contributed by atoms with Gasteiger partial charge in [-0.2, -0.15) is 5.26 Å². The Morgan fingerprint density at radius 3 is 1.09 bits per heavy atom. The molecule has 0 radical (unpaired) electrons. The van der Waals surface area contributed by atoms with Crippen molar-refractivity contribution in [2.24, 2.45) is 11.8 Å². The molecule has 0 spiro atoms. The molecule has 51 heteroatoms. The minimum absolute atomic E-state index is 0.00479. The quantitative estimate of drug-likeness (QED) is 0.0145. The molecule has 21 atom stereocenters. The Balaban J connectivity index is 1.27. The number of ether oxygens (including phenoxy) is 21. The summed E-state index contributed by atoms with van der Waals surface area (Å²) in [5, 5.41) is 28.0. The second-order valence-corrected chi connectivity index (χ2v) is 33.2. The van der Waals surface area contributed by atoms with Gasteiger partial charge in [0.15, 0.2) is 55.5 Å². The Bertz CT molecular complexity index is 3760. The number of carbonyl (C=O) groups is 17. The SMILES string of the molecule is CC(=O)NC1C(OCCOCCOCCNC(=O)CCC(NC(=O)[C@H]2CC[C@H]3OP(OCCC#N)N(C(C)C)C(C)C3C2)C(=O)N(CC(=O)NCCOCCOCCOC2OC(COC(C)=O)C(OC(C)=O)C(OC(C)=O)C2NC(C)=O)CC(=O)NCCOCCOCCOC2OC(COC(C)=O)C(OC(C)=O)C(OC(C)=O)C2NC(C)=O)OC(COC(C)=O)C(OC(C)=O)C1OC(C)=O. The molecule has 7 N–H and O–H groups in total. The standard InChI is InChI=1S/C84H133N10O40P/c1-47(2)94-48(3)62-41-61(17-19-64(62)134-135(94)124-25-16-21-85)80(110)92-63(18-20-68(107)86-22-26-112-29-32-115-35-38-118-82-71(89-49(4)95)77(128-58(13)104)74(125-55(10)101)65(131-82)44-121-52(7)98)81(111)93(42-69(108)87-23-27-113-30-33-116-36-39-119-83-72(90-50(5)96)78(129-59(14)105)75(126-56(11)102)66(132-83)45-122-53(8)99)43-70(109)88-24-28-114-31-34-117-37-40-120-84-73(91-51(6)97)79(130-60(15)106)76(127-57(12)103)67(133-84)46-123-54(9)100/h47-48,61-67,71-79,82-84H,16-20,22-46H2,1-15H3,(H,86,107)(H,87,108)(H,88,109)(H,89,95)(H,90,96)(H,91,97)(H,92,110)/t48?,61-,62?,63?,64+,65?,66?,67?,71?,72?,73?,74?,75?,76?,77?,78?,79?,82?,83?,84?,135?/m0/s1. The lowest BCUT2D eigenvalue weighted by Crippen LogP contribution is -2.66. The Morgan fingerprint density at radius 1 is 0.430 bits per heavy atom. The summed E-state index contributed by atoms with van der Waals surface area (Å²) in [4.78, 5) is 219. The van der Waals surface area contributed by atoms with Gasteiger partial charge in [-0.1, -0.05) is 0 Å². The molecule has 0 aromatic heterocycles. The number of hydrogen-bond donors (Lipinski definition) is 7. The highest BCUT2D eigenvalue weighted by molar-refractivity contribution is 7.44. The molecule has 1 saturated carbocycles. The summed E-state index contributed by atoms with van der Waals surface area (Å²) in [5.74, 6) is -13.1. The number of nitrogens with zero attached hydrogens (tertiary/aromatic N) is 3. The predicted octanol–water partition coefficient (Wildman–Crippen LogP) is -2.38. The fraction of sp³-hybridized carbons (Fsp3) is 0.786. The Kier molecular flexibility index (Phi) is 53.4. The third kappa shape index (κ3) is 43.3. The van der Waals surface area contributed by atoms with Gasteiger partial charge in [-0.15, -0.1) is 0 Å². The molecule has 8 amide bonds. The van der Waals surface area contributed by atoms with Gasteiger partial charge in [0, 0.05) is 133 Å². The first-order valence-electron chi connectivity index (χ1n) is 44.3. The van der Waals surface area contributed by atoms with E-state index in [-0.39, 0.29) is 169 Å². The van der Waals surface area contributed by atoms with E-state index in [1.807, 2.05) is 20.8 Å². The molecule has 5 rings (SSSR count). The van der Waals surface area contributed by atoms with E-state index in [1.165, 1.54) is 20.8 Å². The molecule has 4 saturated heterocycles. The van der Waals surface area contributed by atoms with Crippen molar-refractivity contribution in [3.8, 4) is 6.07 Å². The van der Waals surface area contributed by atoms with E-state index in [1.54, 1.807) is 0 Å². The normalized spacial score (nSPS) is 25.5. The molecular weight excluding hydrogens is 1820 g/mol. The van der Waals surface area contributed by atoms with Gasteiger partial charge < -0.3 is 151 Å². The molecule has 764 valence electrons. The van der Waals surface area contributed by atoms with Crippen molar-refractivity contribution < 1.29 is 190 Å². The van der Waals surface area contributed by atoms with Crippen LogP contribution < -0.4 is 37.2 Å². The molecule has 1 aliphatic carbocycles. The molecule has 19 unspecified atom stereocenters. The van der Waals surface area contributed by atoms with Crippen LogP contribution in [0.2, 0.25) is 0 Å². The summed E-state index contributed by atoms with van der Waals surface area (Å²) < 4.78 is 133. The van der Waals surface area contributed by atoms with Crippen molar-refractivity contribution in [2.45, 2.75) is 259 Å². The van der Waals surface area contributed by atoms with E-state index in [4.69, 9.17) is 109 Å². The average molecular weight is 1950 g/mol. The van der Waals surface area contributed by atoms with Gasteiger partial charge in [0.2, 0.25) is 47.3 Å². The van der Waals surface area contributed by atoms with Crippen LogP contribution in [-0.4, -0.2) is 385 Å². The molecule has 5 fully saturated rings. The van der Waals surface area contributed by atoms with E-state index in [9.17, 15) is 82.0 Å². The van der Waals surface area contributed by atoms with Crippen LogP contribution in [0, 0.1) is 23.2 Å². The van der Waals surface area contributed by atoms with E-state index in [0.717, 1.165) is 67.2 Å². The van der Waals surface area contributed by atoms with Crippen LogP contribution in [0.4, 0.5) is 0 Å². The van der Waals surface area contributed by atoms with Gasteiger partial charge in [0.1, 0.15) is 75.4 Å². The van der Waals surface area contributed by atoms with E-state index < -0.39 is 246 Å². The Hall–Kier alpha value is -9.69. The lowest BCUT2D eigenvalue weighted by molar-refractivity contribution is -0.279. The van der Waals surface area contributed by atoms with Crippen LogP contribution in [0.25, 0.3) is 0 Å². The topological polar surface area (TPSA) is 617 Å². The van der Waals surface area contributed by atoms with Crippen molar-refractivity contribution in [3.05, 3.63) is 0 Å². The van der Waals surface area contributed by atoms with Gasteiger partial charge in [-0.3, -0.25) is 81.5 Å². The number of rotatable bonds is 59. The molecule has 135 heavy (non-hydrogen) atoms. The van der Waals surface area contributed by atoms with Crippen LogP contribution in [-0.2, 0) is 190 Å². The summed E-state index contributed by atoms with van der Waals surface area (Å²) >= 11 is 0. The van der Waals surface area contributed by atoms with Crippen LogP contribution in [0.3, 0.4) is 0 Å². The maximum Gasteiger partial charge on any atom is 0.303 e. The third-order valence-electron chi connectivity index (χ3n) is 20.4. The van der Waals surface area contributed by atoms with Crippen molar-refractivity contribution in [1.29, 1.82) is 5.26 Å².